The molecule has 1 N–H and O–H groups in total. The van der Waals surface area contributed by atoms with Gasteiger partial charge in [0.25, 0.3) is 0 Å². The fraction of sp³-hybridized carbons (Fsp3) is 0.600. The van der Waals surface area contributed by atoms with Gasteiger partial charge in [-0.25, -0.2) is 14.0 Å². The zero-order valence-electron chi connectivity index (χ0n) is 19.1. The molecule has 0 unspecified atom stereocenters. The van der Waals surface area contributed by atoms with Crippen molar-refractivity contribution in [3.63, 3.8) is 0 Å². The third kappa shape index (κ3) is 7.23. The van der Waals surface area contributed by atoms with Crippen molar-refractivity contribution in [3.05, 3.63) is 22.5 Å². The van der Waals surface area contributed by atoms with Gasteiger partial charge in [0.1, 0.15) is 12.7 Å². The predicted molar refractivity (Wildman–Crippen MR) is 110 cm³/mol. The van der Waals surface area contributed by atoms with Crippen molar-refractivity contribution < 1.29 is 47.3 Å². The summed E-state index contributed by atoms with van der Waals surface area (Å²) in [6, 6.07) is 0. The SMILES string of the molecule is CCCCOC(=O)Nc1nc(=O)n([C@@H]2O[C@H](COC(C)=O)[C@@H](OC(C)=O)[C@H]2OC(C)=O)cc1F. The number of nitrogens with zero attached hydrogens (tertiary/aromatic N) is 2. The van der Waals surface area contributed by atoms with Gasteiger partial charge in [-0.15, -0.1) is 0 Å². The molecule has 0 aliphatic carbocycles. The standard InChI is InChI=1S/C20H26FN3O10/c1-5-6-7-30-20(29)23-17-13(21)8-24(19(28)22-17)18-16(33-12(4)27)15(32-11(3)26)14(34-18)9-31-10(2)25/h8,14-16,18H,5-7,9H2,1-4H3,(H,22,23,28,29)/t14-,15-,16-,18-/m1/s1. The van der Waals surface area contributed by atoms with Crippen LogP contribution in [-0.2, 0) is 38.1 Å². The molecule has 14 heteroatoms. The molecule has 2 heterocycles. The number of esters is 3. The largest absolute Gasteiger partial charge is 0.463 e. The molecular formula is C20H26FN3O10. The van der Waals surface area contributed by atoms with E-state index in [4.69, 9.17) is 23.7 Å². The van der Waals surface area contributed by atoms with Crippen LogP contribution >= 0.6 is 0 Å². The highest BCUT2D eigenvalue weighted by atomic mass is 19.1. The molecule has 0 spiro atoms. The molecule has 1 amide bonds. The number of hydrogen-bond acceptors (Lipinski definition) is 11. The molecule has 0 bridgehead atoms. The molecule has 34 heavy (non-hydrogen) atoms. The van der Waals surface area contributed by atoms with E-state index in [0.717, 1.165) is 27.2 Å². The lowest BCUT2D eigenvalue weighted by atomic mass is 10.1. The summed E-state index contributed by atoms with van der Waals surface area (Å²) >= 11 is 0. The second-order valence-electron chi connectivity index (χ2n) is 7.26. The number of carbonyl (C=O) groups excluding carboxylic acids is 4. The normalized spacial score (nSPS) is 21.4. The maximum Gasteiger partial charge on any atom is 0.412 e. The molecule has 188 valence electrons. The molecule has 1 aliphatic heterocycles. The molecule has 0 aromatic carbocycles. The Hall–Kier alpha value is -3.55. The molecule has 1 fully saturated rings. The van der Waals surface area contributed by atoms with Crippen LogP contribution in [0, 0.1) is 5.82 Å². The van der Waals surface area contributed by atoms with Crippen molar-refractivity contribution in [2.45, 2.75) is 65.1 Å². The van der Waals surface area contributed by atoms with Crippen molar-refractivity contribution in [2.75, 3.05) is 18.5 Å². The third-order valence-electron chi connectivity index (χ3n) is 4.47. The Bertz CT molecular complexity index is 982. The summed E-state index contributed by atoms with van der Waals surface area (Å²) in [6.45, 7) is 4.88. The second-order valence-corrected chi connectivity index (χ2v) is 7.26. The van der Waals surface area contributed by atoms with Gasteiger partial charge in [-0.1, -0.05) is 13.3 Å². The Labute approximate surface area is 193 Å². The third-order valence-corrected chi connectivity index (χ3v) is 4.47. The Morgan fingerprint density at radius 3 is 2.32 bits per heavy atom. The fourth-order valence-corrected chi connectivity index (χ4v) is 3.07. The minimum atomic E-state index is -1.49. The van der Waals surface area contributed by atoms with Crippen molar-refractivity contribution >= 4 is 29.8 Å². The first-order valence-corrected chi connectivity index (χ1v) is 10.4. The molecule has 2 rings (SSSR count). The Balaban J connectivity index is 2.35. The van der Waals surface area contributed by atoms with Crippen molar-refractivity contribution in [3.8, 4) is 0 Å². The van der Waals surface area contributed by atoms with Crippen molar-refractivity contribution in [2.24, 2.45) is 0 Å². The summed E-state index contributed by atoms with van der Waals surface area (Å²) in [6.07, 6.45) is -4.28. The summed E-state index contributed by atoms with van der Waals surface area (Å²) in [5, 5.41) is 2.03. The molecular weight excluding hydrogens is 461 g/mol. The summed E-state index contributed by atoms with van der Waals surface area (Å²) in [5.74, 6) is -4.04. The van der Waals surface area contributed by atoms with Crippen LogP contribution in [0.2, 0.25) is 0 Å². The number of halogens is 1. The van der Waals surface area contributed by atoms with Gasteiger partial charge in [-0.2, -0.15) is 4.98 Å². The van der Waals surface area contributed by atoms with Crippen molar-refractivity contribution in [1.82, 2.24) is 9.55 Å². The van der Waals surface area contributed by atoms with Crippen LogP contribution in [0.1, 0.15) is 46.8 Å². The lowest BCUT2D eigenvalue weighted by Gasteiger charge is -2.24. The lowest BCUT2D eigenvalue weighted by molar-refractivity contribution is -0.166. The molecule has 13 nitrogen and oxygen atoms in total. The van der Waals surface area contributed by atoms with E-state index in [9.17, 15) is 28.4 Å². The maximum absolute atomic E-state index is 14.7. The molecule has 1 saturated heterocycles. The van der Waals surface area contributed by atoms with Crippen LogP contribution in [0.3, 0.4) is 0 Å². The monoisotopic (exact) mass is 487 g/mol. The van der Waals surface area contributed by atoms with Gasteiger partial charge in [0.15, 0.2) is 30.1 Å². The Morgan fingerprint density at radius 1 is 1.09 bits per heavy atom. The van der Waals surface area contributed by atoms with Gasteiger partial charge < -0.3 is 23.7 Å². The van der Waals surface area contributed by atoms with Gasteiger partial charge in [0, 0.05) is 20.8 Å². The zero-order chi connectivity index (χ0) is 25.4. The number of amides is 1. The number of ether oxygens (including phenoxy) is 5. The predicted octanol–water partition coefficient (Wildman–Crippen LogP) is 1.05. The van der Waals surface area contributed by atoms with Crippen molar-refractivity contribution in [1.29, 1.82) is 0 Å². The number of anilines is 1. The van der Waals surface area contributed by atoms with Crippen LogP contribution in [0.4, 0.5) is 15.0 Å². The summed E-state index contributed by atoms with van der Waals surface area (Å²) in [7, 11) is 0. The number of carbonyl (C=O) groups is 4. The zero-order valence-corrected chi connectivity index (χ0v) is 19.1. The number of nitrogens with one attached hydrogen (secondary N) is 1. The summed E-state index contributed by atoms with van der Waals surface area (Å²) < 4.78 is 41.1. The first-order chi connectivity index (χ1) is 16.0. The lowest BCUT2D eigenvalue weighted by Crippen LogP contribution is -2.42. The highest BCUT2D eigenvalue weighted by Crippen LogP contribution is 2.34. The van der Waals surface area contributed by atoms with E-state index in [0.29, 0.717) is 17.2 Å². The molecule has 0 saturated carbocycles. The van der Waals surface area contributed by atoms with Crippen LogP contribution < -0.4 is 11.0 Å². The minimum Gasteiger partial charge on any atom is -0.463 e. The number of hydrogen-bond donors (Lipinski definition) is 1. The molecule has 4 atom stereocenters. The highest BCUT2D eigenvalue weighted by molar-refractivity contribution is 5.83. The first kappa shape index (κ1) is 26.7. The smallest absolute Gasteiger partial charge is 0.412 e. The van der Waals surface area contributed by atoms with Gasteiger partial charge in [0.2, 0.25) is 0 Å². The molecule has 1 aliphatic rings. The van der Waals surface area contributed by atoms with Gasteiger partial charge in [0.05, 0.1) is 12.8 Å². The van der Waals surface area contributed by atoms with E-state index in [1.54, 1.807) is 0 Å². The van der Waals surface area contributed by atoms with E-state index in [-0.39, 0.29) is 6.61 Å². The van der Waals surface area contributed by atoms with E-state index < -0.39 is 72.5 Å². The summed E-state index contributed by atoms with van der Waals surface area (Å²) in [4.78, 5) is 62.4. The van der Waals surface area contributed by atoms with Crippen LogP contribution in [0.25, 0.3) is 0 Å². The van der Waals surface area contributed by atoms with Crippen LogP contribution in [0.15, 0.2) is 11.0 Å². The average molecular weight is 487 g/mol. The minimum absolute atomic E-state index is 0.0995. The Morgan fingerprint density at radius 2 is 1.74 bits per heavy atom. The Kier molecular flexibility index (Phi) is 9.47. The number of aromatic nitrogens is 2. The molecule has 1 aromatic heterocycles. The highest BCUT2D eigenvalue weighted by Gasteiger charge is 2.51. The van der Waals surface area contributed by atoms with E-state index in [2.05, 4.69) is 4.98 Å². The second kappa shape index (κ2) is 12.1. The molecule has 0 radical (unpaired) electrons. The van der Waals surface area contributed by atoms with Crippen LogP contribution in [0.5, 0.6) is 0 Å². The van der Waals surface area contributed by atoms with E-state index >= 15 is 0 Å². The summed E-state index contributed by atoms with van der Waals surface area (Å²) in [5.41, 5.74) is -1.08. The van der Waals surface area contributed by atoms with Gasteiger partial charge >= 0.3 is 29.7 Å². The maximum atomic E-state index is 14.7. The van der Waals surface area contributed by atoms with Gasteiger partial charge in [-0.05, 0) is 6.42 Å². The fourth-order valence-electron chi connectivity index (χ4n) is 3.07. The average Bonchev–Trinajstić information content (AvgIpc) is 3.05. The number of unbranched alkanes of at least 4 members (excludes halogenated alkanes) is 1. The van der Waals surface area contributed by atoms with Gasteiger partial charge in [-0.3, -0.25) is 24.3 Å². The first-order valence-electron chi connectivity index (χ1n) is 10.4. The molecule has 1 aromatic rings. The number of rotatable bonds is 9. The van der Waals surface area contributed by atoms with E-state index in [1.165, 1.54) is 0 Å². The quantitative estimate of drug-likeness (QED) is 0.301. The topological polar surface area (TPSA) is 161 Å². The van der Waals surface area contributed by atoms with Crippen LogP contribution in [-0.4, -0.2) is 65.1 Å². The van der Waals surface area contributed by atoms with E-state index in [1.807, 2.05) is 12.2 Å².